The molecular weight excluding hydrogens is 470 g/mol. The summed E-state index contributed by atoms with van der Waals surface area (Å²) in [6.45, 7) is 3.36. The first-order valence-electron chi connectivity index (χ1n) is 10.4. The number of imidazole rings is 1. The summed E-state index contributed by atoms with van der Waals surface area (Å²) < 4.78 is 44.6. The summed E-state index contributed by atoms with van der Waals surface area (Å²) in [4.78, 5) is 17.4. The summed E-state index contributed by atoms with van der Waals surface area (Å²) in [6, 6.07) is 7.80. The van der Waals surface area contributed by atoms with Gasteiger partial charge in [-0.15, -0.1) is 0 Å². The van der Waals surface area contributed by atoms with Gasteiger partial charge >= 0.3 is 5.97 Å². The maximum atomic E-state index is 12.7. The van der Waals surface area contributed by atoms with Gasteiger partial charge in [0.15, 0.2) is 11.5 Å². The van der Waals surface area contributed by atoms with Crippen molar-refractivity contribution in [1.82, 2.24) is 13.9 Å². The van der Waals surface area contributed by atoms with E-state index < -0.39 is 16.0 Å². The van der Waals surface area contributed by atoms with Crippen molar-refractivity contribution >= 4 is 38.6 Å². The lowest BCUT2D eigenvalue weighted by Gasteiger charge is -2.12. The summed E-state index contributed by atoms with van der Waals surface area (Å²) in [6.07, 6.45) is 0.718. The lowest BCUT2D eigenvalue weighted by Crippen LogP contribution is -2.22. The van der Waals surface area contributed by atoms with E-state index in [0.717, 1.165) is 16.2 Å². The molecule has 0 saturated heterocycles. The number of rotatable bonds is 6. The summed E-state index contributed by atoms with van der Waals surface area (Å²) in [7, 11) is -0.644. The zero-order chi connectivity index (χ0) is 23.8. The Balaban J connectivity index is 1.58. The van der Waals surface area contributed by atoms with E-state index in [1.165, 1.54) is 26.2 Å². The third-order valence-corrected chi connectivity index (χ3v) is 7.36. The number of hydrogen-bond donors (Lipinski definition) is 0. The van der Waals surface area contributed by atoms with E-state index in [2.05, 4.69) is 4.98 Å². The molecule has 2 heterocycles. The molecule has 0 saturated carbocycles. The minimum Gasteiger partial charge on any atom is -0.489 e. The second-order valence-electron chi connectivity index (χ2n) is 7.62. The van der Waals surface area contributed by atoms with Crippen molar-refractivity contribution in [3.8, 4) is 11.5 Å². The minimum atomic E-state index is -3.59. The first kappa shape index (κ1) is 23.3. The quantitative estimate of drug-likeness (QED) is 0.484. The molecule has 0 aliphatic carbocycles. The number of hydrogen-bond acceptors (Lipinski definition) is 7. The predicted octanol–water partition coefficient (Wildman–Crippen LogP) is 3.48. The minimum absolute atomic E-state index is 0.0941. The molecule has 1 aliphatic rings. The molecule has 0 unspecified atom stereocenters. The Morgan fingerprint density at radius 2 is 1.97 bits per heavy atom. The van der Waals surface area contributed by atoms with Crippen LogP contribution in [0.25, 0.3) is 11.0 Å². The van der Waals surface area contributed by atoms with Gasteiger partial charge in [0, 0.05) is 27.1 Å². The molecule has 1 aromatic heterocycles. The molecule has 0 N–H and O–H groups in total. The first-order chi connectivity index (χ1) is 15.7. The highest BCUT2D eigenvalue weighted by molar-refractivity contribution is 7.89. The number of halogens is 1. The average molecular weight is 494 g/mol. The maximum Gasteiger partial charge on any atom is 0.338 e. The number of aromatic nitrogens is 2. The fourth-order valence-corrected chi connectivity index (χ4v) is 4.74. The molecule has 0 fully saturated rings. The molecule has 0 spiro atoms. The van der Waals surface area contributed by atoms with Crippen LogP contribution in [0.4, 0.5) is 0 Å². The molecule has 33 heavy (non-hydrogen) atoms. The number of nitrogens with zero attached hydrogens (tertiary/aromatic N) is 3. The fraction of sp³-hybridized carbons (Fsp3) is 0.364. The van der Waals surface area contributed by atoms with E-state index in [9.17, 15) is 13.2 Å². The summed E-state index contributed by atoms with van der Waals surface area (Å²) in [5.74, 6) is 0.739. The van der Waals surface area contributed by atoms with Gasteiger partial charge in [0.1, 0.15) is 12.4 Å². The second kappa shape index (κ2) is 9.20. The van der Waals surface area contributed by atoms with Crippen LogP contribution in [0.15, 0.2) is 35.2 Å². The highest BCUT2D eigenvalue weighted by Gasteiger charge is 2.22. The molecule has 0 bridgehead atoms. The Morgan fingerprint density at radius 3 is 2.70 bits per heavy atom. The largest absolute Gasteiger partial charge is 0.489 e. The van der Waals surface area contributed by atoms with Crippen molar-refractivity contribution in [2.45, 2.75) is 31.4 Å². The lowest BCUT2D eigenvalue weighted by atomic mass is 10.2. The molecule has 4 rings (SSSR count). The van der Waals surface area contributed by atoms with Gasteiger partial charge in [-0.05, 0) is 37.3 Å². The zero-order valence-corrected chi connectivity index (χ0v) is 20.1. The van der Waals surface area contributed by atoms with Crippen LogP contribution in [0, 0.1) is 0 Å². The molecule has 0 amide bonds. The van der Waals surface area contributed by atoms with Gasteiger partial charge in [-0.3, -0.25) is 0 Å². The van der Waals surface area contributed by atoms with Crippen LogP contribution in [0.1, 0.15) is 29.5 Å². The molecular formula is C22H24ClN3O6S. The van der Waals surface area contributed by atoms with Gasteiger partial charge in [0.05, 0.1) is 39.7 Å². The lowest BCUT2D eigenvalue weighted by molar-refractivity contribution is 0.0458. The molecule has 1 aliphatic heterocycles. The van der Waals surface area contributed by atoms with Crippen LogP contribution >= 0.6 is 11.6 Å². The van der Waals surface area contributed by atoms with Crippen LogP contribution in [-0.4, -0.2) is 55.6 Å². The van der Waals surface area contributed by atoms with E-state index in [1.54, 1.807) is 18.2 Å². The molecule has 0 radical (unpaired) electrons. The molecule has 176 valence electrons. The summed E-state index contributed by atoms with van der Waals surface area (Å²) in [5.41, 5.74) is 1.49. The highest BCUT2D eigenvalue weighted by atomic mass is 35.5. The van der Waals surface area contributed by atoms with E-state index in [-0.39, 0.29) is 22.1 Å². The monoisotopic (exact) mass is 493 g/mol. The smallest absolute Gasteiger partial charge is 0.338 e. The number of aryl methyl sites for hydroxylation is 1. The molecule has 0 atom stereocenters. The summed E-state index contributed by atoms with van der Waals surface area (Å²) in [5, 5.41) is 0.275. The van der Waals surface area contributed by atoms with Gasteiger partial charge in [-0.1, -0.05) is 11.6 Å². The topological polar surface area (TPSA) is 100.0 Å². The van der Waals surface area contributed by atoms with Crippen molar-refractivity contribution in [2.75, 3.05) is 27.3 Å². The number of ether oxygens (including phenoxy) is 3. The van der Waals surface area contributed by atoms with Crippen LogP contribution in [0.2, 0.25) is 5.02 Å². The maximum absolute atomic E-state index is 12.7. The van der Waals surface area contributed by atoms with Gasteiger partial charge in [0.25, 0.3) is 0 Å². The Labute approximate surface area is 196 Å². The molecule has 11 heteroatoms. The molecule has 2 aromatic carbocycles. The summed E-state index contributed by atoms with van der Waals surface area (Å²) >= 11 is 6.27. The van der Waals surface area contributed by atoms with Crippen LogP contribution in [0.5, 0.6) is 11.5 Å². The van der Waals surface area contributed by atoms with Crippen molar-refractivity contribution in [3.63, 3.8) is 0 Å². The van der Waals surface area contributed by atoms with Crippen LogP contribution < -0.4 is 9.47 Å². The van der Waals surface area contributed by atoms with Gasteiger partial charge in [0.2, 0.25) is 10.0 Å². The molecule has 9 nitrogen and oxygen atoms in total. The third-order valence-electron chi connectivity index (χ3n) is 5.26. The van der Waals surface area contributed by atoms with Crippen LogP contribution in [0.3, 0.4) is 0 Å². The molecule has 3 aromatic rings. The standard InChI is InChI=1S/C22H24ClN3O6S/c1-4-26-18-7-6-15(33(28,29)25(2)3)12-17(18)24-20(26)13-32-22(27)14-10-16(23)21-19(11-14)30-8-5-9-31-21/h6-7,10-12H,4-5,8-9,13H2,1-3H3. The van der Waals surface area contributed by atoms with Crippen molar-refractivity contribution in [3.05, 3.63) is 46.7 Å². The third kappa shape index (κ3) is 4.50. The average Bonchev–Trinajstić information content (AvgIpc) is 2.95. The second-order valence-corrected chi connectivity index (χ2v) is 10.2. The van der Waals surface area contributed by atoms with Crippen molar-refractivity contribution < 1.29 is 27.4 Å². The number of fused-ring (bicyclic) bond motifs is 2. The Morgan fingerprint density at radius 1 is 1.21 bits per heavy atom. The van der Waals surface area contributed by atoms with Gasteiger partial charge in [-0.2, -0.15) is 0 Å². The Kier molecular flexibility index (Phi) is 6.51. The normalized spacial score (nSPS) is 13.8. The number of carbonyl (C=O) groups excluding carboxylic acids is 1. The van der Waals surface area contributed by atoms with Gasteiger partial charge in [-0.25, -0.2) is 22.5 Å². The predicted molar refractivity (Wildman–Crippen MR) is 122 cm³/mol. The fourth-order valence-electron chi connectivity index (χ4n) is 3.56. The van der Waals surface area contributed by atoms with E-state index in [0.29, 0.717) is 42.6 Å². The SMILES string of the molecule is CCn1c(COC(=O)c2cc(Cl)c3c(c2)OCCCO3)nc2cc(S(=O)(=O)N(C)C)ccc21. The number of carbonyl (C=O) groups is 1. The number of sulfonamides is 1. The first-order valence-corrected chi connectivity index (χ1v) is 12.2. The Bertz CT molecular complexity index is 1320. The van der Waals surface area contributed by atoms with E-state index in [4.69, 9.17) is 25.8 Å². The zero-order valence-electron chi connectivity index (χ0n) is 18.5. The van der Waals surface area contributed by atoms with E-state index in [1.807, 2.05) is 11.5 Å². The van der Waals surface area contributed by atoms with Gasteiger partial charge < -0.3 is 18.8 Å². The van der Waals surface area contributed by atoms with E-state index >= 15 is 0 Å². The van der Waals surface area contributed by atoms with Crippen molar-refractivity contribution in [1.29, 1.82) is 0 Å². The number of benzene rings is 2. The Hall–Kier alpha value is -2.82. The number of esters is 1. The van der Waals surface area contributed by atoms with Crippen molar-refractivity contribution in [2.24, 2.45) is 0 Å². The van der Waals surface area contributed by atoms with Crippen LogP contribution in [-0.2, 0) is 27.9 Å². The highest BCUT2D eigenvalue weighted by Crippen LogP contribution is 2.38.